The highest BCUT2D eigenvalue weighted by atomic mass is 16.6. The van der Waals surface area contributed by atoms with Crippen LogP contribution in [0.25, 0.3) is 5.69 Å². The molecule has 0 radical (unpaired) electrons. The van der Waals surface area contributed by atoms with Crippen molar-refractivity contribution in [3.63, 3.8) is 0 Å². The van der Waals surface area contributed by atoms with E-state index in [2.05, 4.69) is 50.0 Å². The number of nitrogens with zero attached hydrogens (tertiary/aromatic N) is 5. The van der Waals surface area contributed by atoms with Crippen LogP contribution in [0.15, 0.2) is 42.5 Å². The molecule has 214 valence electrons. The van der Waals surface area contributed by atoms with Crippen LogP contribution < -0.4 is 5.32 Å². The number of hydrogen-bond donors (Lipinski definition) is 1. The third-order valence-electron chi connectivity index (χ3n) is 7.11. The number of tetrazole rings is 1. The Kier molecular flexibility index (Phi) is 9.19. The lowest BCUT2D eigenvalue weighted by Crippen LogP contribution is -2.42. The highest BCUT2D eigenvalue weighted by Gasteiger charge is 2.37. The molecule has 40 heavy (non-hydrogen) atoms. The molecule has 0 aliphatic carbocycles. The number of hydrogen-bond acceptors (Lipinski definition) is 8. The van der Waals surface area contributed by atoms with Gasteiger partial charge in [-0.05, 0) is 119 Å². The van der Waals surface area contributed by atoms with Crippen molar-refractivity contribution in [1.82, 2.24) is 25.1 Å². The maximum absolute atomic E-state index is 13.4. The quantitative estimate of drug-likeness (QED) is 0.383. The van der Waals surface area contributed by atoms with E-state index in [0.29, 0.717) is 36.2 Å². The number of nitrogens with one attached hydrogen (secondary N) is 1. The second-order valence-electron chi connectivity index (χ2n) is 11.4. The van der Waals surface area contributed by atoms with Crippen molar-refractivity contribution in [3.8, 4) is 5.69 Å². The normalized spacial score (nSPS) is 15.4. The molecule has 1 saturated heterocycles. The van der Waals surface area contributed by atoms with Crippen LogP contribution in [0.3, 0.4) is 0 Å². The summed E-state index contributed by atoms with van der Waals surface area (Å²) in [6.07, 6.45) is 2.32. The highest BCUT2D eigenvalue weighted by Crippen LogP contribution is 2.32. The number of aromatic nitrogens is 4. The maximum atomic E-state index is 13.4. The maximum Gasteiger partial charge on any atom is 0.412 e. The van der Waals surface area contributed by atoms with Gasteiger partial charge in [-0.3, -0.25) is 10.2 Å². The predicted octanol–water partition coefficient (Wildman–Crippen LogP) is 5.19. The van der Waals surface area contributed by atoms with Gasteiger partial charge in [-0.25, -0.2) is 9.59 Å². The fourth-order valence-corrected chi connectivity index (χ4v) is 5.03. The molecule has 1 aliphatic heterocycles. The number of likely N-dealkylation sites (tertiary alicyclic amines) is 1. The Morgan fingerprint density at radius 3 is 2.40 bits per heavy atom. The van der Waals surface area contributed by atoms with Crippen LogP contribution in [-0.4, -0.2) is 62.5 Å². The first-order valence-corrected chi connectivity index (χ1v) is 13.9. The second kappa shape index (κ2) is 12.6. The molecule has 1 N–H and O–H groups in total. The van der Waals surface area contributed by atoms with Crippen molar-refractivity contribution in [1.29, 1.82) is 0 Å². The number of anilines is 1. The smallest absolute Gasteiger partial charge is 0.412 e. The van der Waals surface area contributed by atoms with E-state index in [1.165, 1.54) is 10.2 Å². The van der Waals surface area contributed by atoms with Crippen LogP contribution in [0.5, 0.6) is 0 Å². The SMILES string of the molecule is CCOC(=O)C(c1nnnn1-c1cc(C)c(C)cc1NC(=O)OC(C)(C)C)N1CCC(Cc2ccccc2)CC1. The van der Waals surface area contributed by atoms with E-state index >= 15 is 0 Å². The van der Waals surface area contributed by atoms with Gasteiger partial charge in [0.25, 0.3) is 0 Å². The number of rotatable bonds is 8. The minimum absolute atomic E-state index is 0.246. The van der Waals surface area contributed by atoms with Gasteiger partial charge in [0.15, 0.2) is 11.9 Å². The first-order valence-electron chi connectivity index (χ1n) is 13.9. The number of esters is 1. The van der Waals surface area contributed by atoms with Gasteiger partial charge >= 0.3 is 12.1 Å². The van der Waals surface area contributed by atoms with Crippen molar-refractivity contribution in [2.75, 3.05) is 25.0 Å². The summed E-state index contributed by atoms with van der Waals surface area (Å²) in [6.45, 7) is 12.8. The van der Waals surface area contributed by atoms with E-state index in [1.54, 1.807) is 27.7 Å². The second-order valence-corrected chi connectivity index (χ2v) is 11.4. The van der Waals surface area contributed by atoms with Gasteiger partial charge in [0.1, 0.15) is 5.60 Å². The summed E-state index contributed by atoms with van der Waals surface area (Å²) < 4.78 is 12.5. The van der Waals surface area contributed by atoms with Gasteiger partial charge < -0.3 is 9.47 Å². The molecule has 2 aromatic carbocycles. The molecule has 1 aromatic heterocycles. The van der Waals surface area contributed by atoms with Crippen LogP contribution >= 0.6 is 0 Å². The van der Waals surface area contributed by atoms with E-state index in [-0.39, 0.29) is 6.61 Å². The number of benzene rings is 2. The Bertz CT molecular complexity index is 1310. The lowest BCUT2D eigenvalue weighted by atomic mass is 9.89. The van der Waals surface area contributed by atoms with Crippen LogP contribution in [0.2, 0.25) is 0 Å². The molecule has 10 nitrogen and oxygen atoms in total. The fraction of sp³-hybridized carbons (Fsp3) is 0.500. The van der Waals surface area contributed by atoms with E-state index in [4.69, 9.17) is 9.47 Å². The largest absolute Gasteiger partial charge is 0.464 e. The molecule has 3 aromatic rings. The van der Waals surface area contributed by atoms with Gasteiger partial charge in [0.05, 0.1) is 18.0 Å². The summed E-state index contributed by atoms with van der Waals surface area (Å²) in [5.74, 6) is 0.475. The van der Waals surface area contributed by atoms with Crippen LogP contribution in [0.1, 0.15) is 69.1 Å². The van der Waals surface area contributed by atoms with Gasteiger partial charge in [-0.2, -0.15) is 4.68 Å². The Morgan fingerprint density at radius 1 is 1.07 bits per heavy atom. The number of amides is 1. The van der Waals surface area contributed by atoms with Crippen molar-refractivity contribution in [2.45, 2.75) is 72.4 Å². The number of carbonyl (C=O) groups is 2. The average molecular weight is 549 g/mol. The summed E-state index contributed by atoms with van der Waals surface area (Å²) in [5.41, 5.74) is 3.65. The van der Waals surface area contributed by atoms with Crippen LogP contribution in [0.4, 0.5) is 10.5 Å². The summed E-state index contributed by atoms with van der Waals surface area (Å²) in [4.78, 5) is 28.2. The molecule has 1 fully saturated rings. The predicted molar refractivity (Wildman–Crippen MR) is 152 cm³/mol. The third kappa shape index (κ3) is 7.24. The first-order chi connectivity index (χ1) is 19.1. The Hall–Kier alpha value is -3.79. The average Bonchev–Trinajstić information content (AvgIpc) is 3.36. The van der Waals surface area contributed by atoms with Crippen molar-refractivity contribution >= 4 is 17.7 Å². The third-order valence-corrected chi connectivity index (χ3v) is 7.11. The lowest BCUT2D eigenvalue weighted by Gasteiger charge is -2.35. The lowest BCUT2D eigenvalue weighted by molar-refractivity contribution is -0.151. The van der Waals surface area contributed by atoms with Crippen molar-refractivity contribution in [3.05, 3.63) is 65.0 Å². The zero-order valence-corrected chi connectivity index (χ0v) is 24.3. The van der Waals surface area contributed by atoms with E-state index in [0.717, 1.165) is 30.4 Å². The molecule has 1 unspecified atom stereocenters. The van der Waals surface area contributed by atoms with Gasteiger partial charge in [-0.15, -0.1) is 5.10 Å². The van der Waals surface area contributed by atoms with Gasteiger partial charge in [0, 0.05) is 0 Å². The molecule has 0 saturated carbocycles. The molecule has 2 heterocycles. The van der Waals surface area contributed by atoms with E-state index < -0.39 is 23.7 Å². The summed E-state index contributed by atoms with van der Waals surface area (Å²) in [6, 6.07) is 13.5. The minimum atomic E-state index is -0.788. The number of piperidine rings is 1. The van der Waals surface area contributed by atoms with Gasteiger partial charge in [0.2, 0.25) is 0 Å². The molecule has 1 aliphatic rings. The zero-order chi connectivity index (χ0) is 28.9. The van der Waals surface area contributed by atoms with Crippen LogP contribution in [-0.2, 0) is 20.7 Å². The highest BCUT2D eigenvalue weighted by molar-refractivity contribution is 5.88. The van der Waals surface area contributed by atoms with Crippen molar-refractivity contribution < 1.29 is 19.1 Å². The Morgan fingerprint density at radius 2 is 1.75 bits per heavy atom. The summed E-state index contributed by atoms with van der Waals surface area (Å²) in [7, 11) is 0. The number of aryl methyl sites for hydroxylation is 2. The van der Waals surface area contributed by atoms with E-state index in [9.17, 15) is 9.59 Å². The molecular weight excluding hydrogens is 508 g/mol. The van der Waals surface area contributed by atoms with Crippen LogP contribution in [0, 0.1) is 19.8 Å². The molecule has 1 amide bonds. The molecule has 0 bridgehead atoms. The van der Waals surface area contributed by atoms with Crippen molar-refractivity contribution in [2.24, 2.45) is 5.92 Å². The summed E-state index contributed by atoms with van der Waals surface area (Å²) in [5, 5.41) is 15.4. The zero-order valence-electron chi connectivity index (χ0n) is 24.3. The topological polar surface area (TPSA) is 111 Å². The Labute approximate surface area is 236 Å². The molecule has 0 spiro atoms. The molecule has 10 heteroatoms. The summed E-state index contributed by atoms with van der Waals surface area (Å²) >= 11 is 0. The number of ether oxygens (including phenoxy) is 2. The standard InChI is InChI=1S/C30H40N6O4/c1-7-39-28(37)26(35-15-13-23(14-16-35)19-22-11-9-8-10-12-22)27-32-33-34-36(27)25-18-21(3)20(2)17-24(25)31-29(38)40-30(4,5)6/h8-12,17-18,23,26H,7,13-16,19H2,1-6H3,(H,31,38). The monoisotopic (exact) mass is 548 g/mol. The first kappa shape index (κ1) is 29.2. The number of carbonyl (C=O) groups excluding carboxylic acids is 2. The minimum Gasteiger partial charge on any atom is -0.464 e. The Balaban J connectivity index is 1.63. The van der Waals surface area contributed by atoms with Gasteiger partial charge in [-0.1, -0.05) is 30.3 Å². The molecular formula is C30H40N6O4. The molecule has 1 atom stereocenters. The van der Waals surface area contributed by atoms with E-state index in [1.807, 2.05) is 32.0 Å². The molecule has 4 rings (SSSR count). The fourth-order valence-electron chi connectivity index (χ4n) is 5.03.